The van der Waals surface area contributed by atoms with Gasteiger partial charge in [-0.3, -0.25) is 4.79 Å². The van der Waals surface area contributed by atoms with Crippen LogP contribution in [-0.4, -0.2) is 37.0 Å². The number of nitrogens with two attached hydrogens (primary N) is 1. The molecule has 3 N–H and O–H groups in total. The summed E-state index contributed by atoms with van der Waals surface area (Å²) < 4.78 is 11.3. The van der Waals surface area contributed by atoms with Gasteiger partial charge in [0.25, 0.3) is 0 Å². The van der Waals surface area contributed by atoms with Gasteiger partial charge in [0.1, 0.15) is 0 Å². The van der Waals surface area contributed by atoms with Crippen molar-refractivity contribution in [2.45, 2.75) is 50.0 Å². The standard InChI is InChI=1S/C18H28N2O3S.ClH/c1-3-18(4-2,13-19)20-17(21)8-11-24-14-6-7-15-16(12-14)23-10-5-9-22-15;/h6-7,12H,3-5,8-11,13,19H2,1-2H3,(H,20,21);1H. The number of thioether (sulfide) groups is 1. The van der Waals surface area contributed by atoms with E-state index in [2.05, 4.69) is 19.2 Å². The van der Waals surface area contributed by atoms with Crippen molar-refractivity contribution < 1.29 is 14.3 Å². The lowest BCUT2D eigenvalue weighted by molar-refractivity contribution is -0.122. The molecule has 1 aliphatic heterocycles. The summed E-state index contributed by atoms with van der Waals surface area (Å²) in [5, 5.41) is 3.10. The molecule has 0 unspecified atom stereocenters. The first-order valence-electron chi connectivity index (χ1n) is 8.66. The minimum absolute atomic E-state index is 0. The number of fused-ring (bicyclic) bond motifs is 1. The summed E-state index contributed by atoms with van der Waals surface area (Å²) in [7, 11) is 0. The summed E-state index contributed by atoms with van der Waals surface area (Å²) in [6, 6.07) is 5.94. The van der Waals surface area contributed by atoms with Crippen LogP contribution in [0.25, 0.3) is 0 Å². The van der Waals surface area contributed by atoms with Gasteiger partial charge in [0.05, 0.1) is 18.8 Å². The van der Waals surface area contributed by atoms with Gasteiger partial charge >= 0.3 is 0 Å². The number of halogens is 1. The van der Waals surface area contributed by atoms with Crippen molar-refractivity contribution in [3.05, 3.63) is 18.2 Å². The van der Waals surface area contributed by atoms with E-state index < -0.39 is 0 Å². The normalized spacial score (nSPS) is 13.6. The first-order chi connectivity index (χ1) is 11.6. The Balaban J connectivity index is 0.00000312. The Morgan fingerprint density at radius 3 is 2.56 bits per heavy atom. The van der Waals surface area contributed by atoms with Gasteiger partial charge in [0.15, 0.2) is 11.5 Å². The maximum Gasteiger partial charge on any atom is 0.221 e. The molecule has 1 aromatic carbocycles. The van der Waals surface area contributed by atoms with Gasteiger partial charge < -0.3 is 20.5 Å². The van der Waals surface area contributed by atoms with Gasteiger partial charge in [-0.2, -0.15) is 0 Å². The highest BCUT2D eigenvalue weighted by Gasteiger charge is 2.25. The highest BCUT2D eigenvalue weighted by Crippen LogP contribution is 2.34. The molecule has 5 nitrogen and oxygen atoms in total. The lowest BCUT2D eigenvalue weighted by Gasteiger charge is -2.31. The fraction of sp³-hybridized carbons (Fsp3) is 0.611. The SMILES string of the molecule is CCC(CC)(CN)NC(=O)CCSc1ccc2c(c1)OCCCO2.Cl. The molecule has 0 saturated carbocycles. The lowest BCUT2D eigenvalue weighted by atomic mass is 9.93. The van der Waals surface area contributed by atoms with E-state index in [1.54, 1.807) is 11.8 Å². The summed E-state index contributed by atoms with van der Waals surface area (Å²) in [6.07, 6.45) is 3.07. The predicted octanol–water partition coefficient (Wildman–Crippen LogP) is 3.39. The second-order valence-corrected chi connectivity index (χ2v) is 7.17. The second kappa shape index (κ2) is 10.8. The molecule has 2 rings (SSSR count). The van der Waals surface area contributed by atoms with Gasteiger partial charge in [0.2, 0.25) is 5.91 Å². The van der Waals surface area contributed by atoms with Gasteiger partial charge in [-0.05, 0) is 31.0 Å². The van der Waals surface area contributed by atoms with Crippen LogP contribution in [0.2, 0.25) is 0 Å². The Labute approximate surface area is 160 Å². The number of hydrogen-bond acceptors (Lipinski definition) is 5. The minimum Gasteiger partial charge on any atom is -0.490 e. The van der Waals surface area contributed by atoms with Crippen molar-refractivity contribution in [3.8, 4) is 11.5 Å². The molecule has 25 heavy (non-hydrogen) atoms. The average molecular weight is 389 g/mol. The fourth-order valence-corrected chi connectivity index (χ4v) is 3.50. The number of ether oxygens (including phenoxy) is 2. The van der Waals surface area contributed by atoms with E-state index >= 15 is 0 Å². The molecule has 142 valence electrons. The van der Waals surface area contributed by atoms with E-state index in [-0.39, 0.29) is 23.9 Å². The zero-order chi connectivity index (χ0) is 17.4. The quantitative estimate of drug-likeness (QED) is 0.668. The van der Waals surface area contributed by atoms with Crippen LogP contribution in [0.1, 0.15) is 39.5 Å². The van der Waals surface area contributed by atoms with Crippen LogP contribution in [0.3, 0.4) is 0 Å². The molecule has 0 radical (unpaired) electrons. The fourth-order valence-electron chi connectivity index (χ4n) is 2.62. The number of nitrogens with one attached hydrogen (secondary N) is 1. The summed E-state index contributed by atoms with van der Waals surface area (Å²) >= 11 is 1.65. The molecule has 0 aromatic heterocycles. The maximum atomic E-state index is 12.2. The van der Waals surface area contributed by atoms with Crippen LogP contribution in [0, 0.1) is 0 Å². The Bertz CT molecular complexity index is 545. The predicted molar refractivity (Wildman–Crippen MR) is 105 cm³/mol. The van der Waals surface area contributed by atoms with Crippen molar-refractivity contribution in [1.29, 1.82) is 0 Å². The van der Waals surface area contributed by atoms with Crippen molar-refractivity contribution in [3.63, 3.8) is 0 Å². The average Bonchev–Trinajstić information content (AvgIpc) is 2.85. The third-order valence-electron chi connectivity index (χ3n) is 4.47. The highest BCUT2D eigenvalue weighted by atomic mass is 35.5. The topological polar surface area (TPSA) is 73.6 Å². The Hall–Kier alpha value is -1.11. The number of rotatable bonds is 8. The molecule has 7 heteroatoms. The van der Waals surface area contributed by atoms with Crippen LogP contribution in [0.4, 0.5) is 0 Å². The molecule has 0 spiro atoms. The first kappa shape index (κ1) is 21.9. The van der Waals surface area contributed by atoms with Crippen LogP contribution in [0.15, 0.2) is 23.1 Å². The van der Waals surface area contributed by atoms with Gasteiger partial charge in [-0.1, -0.05) is 13.8 Å². The van der Waals surface area contributed by atoms with Gasteiger partial charge in [-0.25, -0.2) is 0 Å². The monoisotopic (exact) mass is 388 g/mol. The van der Waals surface area contributed by atoms with E-state index in [1.165, 1.54) is 0 Å². The van der Waals surface area contributed by atoms with Crippen molar-refractivity contribution in [2.24, 2.45) is 5.73 Å². The third kappa shape index (κ3) is 6.28. The van der Waals surface area contributed by atoms with Crippen LogP contribution < -0.4 is 20.5 Å². The molecule has 0 atom stereocenters. The van der Waals surface area contributed by atoms with E-state index in [0.717, 1.165) is 41.4 Å². The molecule has 1 amide bonds. The number of benzene rings is 1. The zero-order valence-electron chi connectivity index (χ0n) is 15.0. The molecule has 0 saturated heterocycles. The first-order valence-corrected chi connectivity index (χ1v) is 9.64. The highest BCUT2D eigenvalue weighted by molar-refractivity contribution is 7.99. The molecular weight excluding hydrogens is 360 g/mol. The minimum atomic E-state index is -0.267. The Kier molecular flexibility index (Phi) is 9.46. The molecule has 0 aliphatic carbocycles. The molecule has 1 aliphatic rings. The lowest BCUT2D eigenvalue weighted by Crippen LogP contribution is -2.52. The summed E-state index contributed by atoms with van der Waals surface area (Å²) in [5.41, 5.74) is 5.56. The number of carbonyl (C=O) groups is 1. The molecule has 1 heterocycles. The van der Waals surface area contributed by atoms with Crippen molar-refractivity contribution >= 4 is 30.1 Å². The largest absolute Gasteiger partial charge is 0.490 e. The van der Waals surface area contributed by atoms with Gasteiger partial charge in [-0.15, -0.1) is 24.2 Å². The summed E-state index contributed by atoms with van der Waals surface area (Å²) in [5.74, 6) is 2.37. The number of amides is 1. The number of hydrogen-bond donors (Lipinski definition) is 2. The maximum absolute atomic E-state index is 12.2. The summed E-state index contributed by atoms with van der Waals surface area (Å²) in [4.78, 5) is 13.3. The van der Waals surface area contributed by atoms with E-state index in [4.69, 9.17) is 15.2 Å². The second-order valence-electron chi connectivity index (χ2n) is 6.00. The van der Waals surface area contributed by atoms with Crippen LogP contribution in [0.5, 0.6) is 11.5 Å². The number of carbonyl (C=O) groups excluding carboxylic acids is 1. The Morgan fingerprint density at radius 1 is 1.24 bits per heavy atom. The van der Waals surface area contributed by atoms with E-state index in [0.29, 0.717) is 26.2 Å². The van der Waals surface area contributed by atoms with Crippen LogP contribution in [-0.2, 0) is 4.79 Å². The molecule has 0 fully saturated rings. The van der Waals surface area contributed by atoms with E-state index in [9.17, 15) is 4.79 Å². The smallest absolute Gasteiger partial charge is 0.221 e. The van der Waals surface area contributed by atoms with Crippen LogP contribution >= 0.6 is 24.2 Å². The third-order valence-corrected chi connectivity index (χ3v) is 5.46. The Morgan fingerprint density at radius 2 is 1.92 bits per heavy atom. The zero-order valence-corrected chi connectivity index (χ0v) is 16.6. The summed E-state index contributed by atoms with van der Waals surface area (Å²) in [6.45, 7) is 5.96. The molecule has 0 bridgehead atoms. The van der Waals surface area contributed by atoms with Crippen molar-refractivity contribution in [1.82, 2.24) is 5.32 Å². The van der Waals surface area contributed by atoms with E-state index in [1.807, 2.05) is 18.2 Å². The van der Waals surface area contributed by atoms with Gasteiger partial charge in [0, 0.05) is 30.0 Å². The molecular formula is C18H29ClN2O3S. The molecule has 1 aromatic rings. The van der Waals surface area contributed by atoms with Crippen molar-refractivity contribution in [2.75, 3.05) is 25.5 Å².